The van der Waals surface area contributed by atoms with Crippen molar-refractivity contribution in [3.8, 4) is 0 Å². The van der Waals surface area contributed by atoms with Gasteiger partial charge in [0.2, 0.25) is 0 Å². The van der Waals surface area contributed by atoms with Crippen LogP contribution in [0.5, 0.6) is 0 Å². The van der Waals surface area contributed by atoms with Gasteiger partial charge in [-0.2, -0.15) is 0 Å². The molecule has 7 heteroatoms. The average molecular weight is 247 g/mol. The minimum Gasteiger partial charge on any atom is -0.323 e. The van der Waals surface area contributed by atoms with Crippen LogP contribution in [0, 0.1) is 0 Å². The van der Waals surface area contributed by atoms with E-state index in [-0.39, 0.29) is 6.04 Å². The molecule has 2 aromatic rings. The lowest BCUT2D eigenvalue weighted by molar-refractivity contribution is 0.493. The fraction of sp³-hybridized carbons (Fsp3) is 0.636. The molecule has 0 saturated carbocycles. The third-order valence-electron chi connectivity index (χ3n) is 3.26. The second kappa shape index (κ2) is 4.49. The summed E-state index contributed by atoms with van der Waals surface area (Å²) in [6.45, 7) is 3.51. The van der Waals surface area contributed by atoms with Gasteiger partial charge in [0.25, 0.3) is 0 Å². The van der Waals surface area contributed by atoms with Crippen molar-refractivity contribution in [3.63, 3.8) is 0 Å². The van der Waals surface area contributed by atoms with E-state index in [1.165, 1.54) is 12.8 Å². The van der Waals surface area contributed by atoms with Crippen molar-refractivity contribution < 1.29 is 0 Å². The van der Waals surface area contributed by atoms with Gasteiger partial charge in [-0.1, -0.05) is 5.21 Å². The molecule has 2 aromatic heterocycles. The van der Waals surface area contributed by atoms with Crippen LogP contribution in [0.25, 0.3) is 0 Å². The molecule has 0 aromatic carbocycles. The Kier molecular flexibility index (Phi) is 2.83. The summed E-state index contributed by atoms with van der Waals surface area (Å²) in [7, 11) is 0. The molecule has 0 bridgehead atoms. The molecule has 1 atom stereocenters. The molecule has 18 heavy (non-hydrogen) atoms. The lowest BCUT2D eigenvalue weighted by atomic mass is 10.2. The monoisotopic (exact) mass is 247 g/mol. The summed E-state index contributed by atoms with van der Waals surface area (Å²) in [5.41, 5.74) is 6.56. The van der Waals surface area contributed by atoms with E-state index in [9.17, 15) is 0 Å². The Morgan fingerprint density at radius 1 is 1.33 bits per heavy atom. The van der Waals surface area contributed by atoms with E-state index in [0.717, 1.165) is 30.3 Å². The van der Waals surface area contributed by atoms with Gasteiger partial charge in [-0.25, -0.2) is 4.68 Å². The van der Waals surface area contributed by atoms with Crippen LogP contribution in [-0.4, -0.2) is 29.8 Å². The SMILES string of the molecule is CC(N)c1cn(Cc2nnc3n2CCCC3)nn1. The van der Waals surface area contributed by atoms with Crippen molar-refractivity contribution in [1.82, 2.24) is 29.8 Å². The van der Waals surface area contributed by atoms with Gasteiger partial charge in [0.15, 0.2) is 5.82 Å². The number of hydrogen-bond acceptors (Lipinski definition) is 5. The van der Waals surface area contributed by atoms with Gasteiger partial charge in [0.05, 0.1) is 11.9 Å². The number of fused-ring (bicyclic) bond motifs is 1. The van der Waals surface area contributed by atoms with Crippen LogP contribution in [0.15, 0.2) is 6.20 Å². The maximum Gasteiger partial charge on any atom is 0.154 e. The molecule has 2 N–H and O–H groups in total. The molecule has 0 saturated heterocycles. The molecule has 3 rings (SSSR count). The normalized spacial score (nSPS) is 16.6. The number of rotatable bonds is 3. The molecule has 0 aliphatic carbocycles. The van der Waals surface area contributed by atoms with Gasteiger partial charge in [0.1, 0.15) is 12.4 Å². The highest BCUT2D eigenvalue weighted by Gasteiger charge is 2.16. The van der Waals surface area contributed by atoms with Crippen molar-refractivity contribution in [2.45, 2.75) is 45.3 Å². The molecule has 0 fully saturated rings. The van der Waals surface area contributed by atoms with Crippen molar-refractivity contribution in [3.05, 3.63) is 23.5 Å². The van der Waals surface area contributed by atoms with Crippen LogP contribution < -0.4 is 5.73 Å². The van der Waals surface area contributed by atoms with Crippen LogP contribution in [0.2, 0.25) is 0 Å². The van der Waals surface area contributed by atoms with Crippen LogP contribution >= 0.6 is 0 Å². The van der Waals surface area contributed by atoms with E-state index >= 15 is 0 Å². The zero-order valence-electron chi connectivity index (χ0n) is 10.5. The minimum absolute atomic E-state index is 0.0916. The van der Waals surface area contributed by atoms with Gasteiger partial charge in [-0.05, 0) is 19.8 Å². The van der Waals surface area contributed by atoms with E-state index in [0.29, 0.717) is 6.54 Å². The number of aryl methyl sites for hydroxylation is 1. The van der Waals surface area contributed by atoms with E-state index in [1.54, 1.807) is 4.68 Å². The summed E-state index contributed by atoms with van der Waals surface area (Å²) < 4.78 is 3.96. The smallest absolute Gasteiger partial charge is 0.154 e. The third kappa shape index (κ3) is 2.01. The van der Waals surface area contributed by atoms with Gasteiger partial charge in [-0.15, -0.1) is 15.3 Å². The van der Waals surface area contributed by atoms with Crippen molar-refractivity contribution in [2.24, 2.45) is 5.73 Å². The molecule has 3 heterocycles. The summed E-state index contributed by atoms with van der Waals surface area (Å²) >= 11 is 0. The predicted octanol–water partition coefficient (Wildman–Crippen LogP) is 0.274. The van der Waals surface area contributed by atoms with E-state index in [2.05, 4.69) is 25.1 Å². The molecule has 0 spiro atoms. The molecule has 1 unspecified atom stereocenters. The lowest BCUT2D eigenvalue weighted by Gasteiger charge is -2.14. The van der Waals surface area contributed by atoms with Crippen LogP contribution in [0.4, 0.5) is 0 Å². The Bertz CT molecular complexity index is 539. The predicted molar refractivity (Wildman–Crippen MR) is 64.7 cm³/mol. The fourth-order valence-corrected chi connectivity index (χ4v) is 2.23. The summed E-state index contributed by atoms with van der Waals surface area (Å²) in [5.74, 6) is 2.04. The first-order valence-corrected chi connectivity index (χ1v) is 6.30. The fourth-order valence-electron chi connectivity index (χ4n) is 2.23. The quantitative estimate of drug-likeness (QED) is 0.841. The first-order valence-electron chi connectivity index (χ1n) is 6.30. The molecular weight excluding hydrogens is 230 g/mol. The van der Waals surface area contributed by atoms with E-state index in [4.69, 9.17) is 5.73 Å². The highest BCUT2D eigenvalue weighted by atomic mass is 15.4. The maximum atomic E-state index is 5.76. The Labute approximate surface area is 105 Å². The topological polar surface area (TPSA) is 87.4 Å². The summed E-state index contributed by atoms with van der Waals surface area (Å²) in [4.78, 5) is 0. The first-order chi connectivity index (χ1) is 8.74. The standard InChI is InChI=1S/C11H17N7/c1-8(12)9-6-17(16-13-9)7-11-15-14-10-4-2-3-5-18(10)11/h6,8H,2-5,7,12H2,1H3. The number of hydrogen-bond donors (Lipinski definition) is 1. The Balaban J connectivity index is 1.81. The summed E-state index contributed by atoms with van der Waals surface area (Å²) in [6, 6.07) is -0.0916. The van der Waals surface area contributed by atoms with Crippen LogP contribution in [-0.2, 0) is 19.5 Å². The summed E-state index contributed by atoms with van der Waals surface area (Å²) in [5, 5.41) is 16.6. The molecule has 1 aliphatic heterocycles. The molecule has 0 amide bonds. The van der Waals surface area contributed by atoms with Crippen LogP contribution in [0.3, 0.4) is 0 Å². The van der Waals surface area contributed by atoms with E-state index < -0.39 is 0 Å². The van der Waals surface area contributed by atoms with Gasteiger partial charge < -0.3 is 10.3 Å². The molecular formula is C11H17N7. The second-order valence-electron chi connectivity index (χ2n) is 4.77. The van der Waals surface area contributed by atoms with Gasteiger partial charge >= 0.3 is 0 Å². The lowest BCUT2D eigenvalue weighted by Crippen LogP contribution is -2.15. The number of aromatic nitrogens is 6. The highest BCUT2D eigenvalue weighted by molar-refractivity contribution is 5.02. The highest BCUT2D eigenvalue weighted by Crippen LogP contribution is 2.15. The Morgan fingerprint density at radius 3 is 3.00 bits per heavy atom. The van der Waals surface area contributed by atoms with Crippen molar-refractivity contribution in [1.29, 1.82) is 0 Å². The largest absolute Gasteiger partial charge is 0.323 e. The Morgan fingerprint density at radius 2 is 2.22 bits per heavy atom. The molecule has 7 nitrogen and oxygen atoms in total. The Hall–Kier alpha value is -1.76. The van der Waals surface area contributed by atoms with Crippen molar-refractivity contribution >= 4 is 0 Å². The second-order valence-corrected chi connectivity index (χ2v) is 4.77. The van der Waals surface area contributed by atoms with Crippen molar-refractivity contribution in [2.75, 3.05) is 0 Å². The molecule has 96 valence electrons. The van der Waals surface area contributed by atoms with E-state index in [1.807, 2.05) is 13.1 Å². The summed E-state index contributed by atoms with van der Waals surface area (Å²) in [6.07, 6.45) is 5.29. The van der Waals surface area contributed by atoms with Gasteiger partial charge in [0, 0.05) is 19.0 Å². The number of nitrogens with two attached hydrogens (primary N) is 1. The van der Waals surface area contributed by atoms with Gasteiger partial charge in [-0.3, -0.25) is 0 Å². The minimum atomic E-state index is -0.0916. The average Bonchev–Trinajstić information content (AvgIpc) is 2.98. The molecule has 0 radical (unpaired) electrons. The third-order valence-corrected chi connectivity index (χ3v) is 3.26. The first kappa shape index (κ1) is 11.3. The maximum absolute atomic E-state index is 5.76. The zero-order valence-corrected chi connectivity index (χ0v) is 10.5. The number of nitrogens with zero attached hydrogens (tertiary/aromatic N) is 6. The zero-order chi connectivity index (χ0) is 12.5. The molecule has 1 aliphatic rings. The van der Waals surface area contributed by atoms with Crippen LogP contribution in [0.1, 0.15) is 43.1 Å².